The van der Waals surface area contributed by atoms with Gasteiger partial charge in [0.25, 0.3) is 5.91 Å². The van der Waals surface area contributed by atoms with Crippen molar-refractivity contribution in [2.75, 3.05) is 24.4 Å². The molecule has 0 saturated heterocycles. The number of methoxy groups -OCH3 is 1. The number of carbonyl (C=O) groups is 1. The number of nitriles is 1. The number of nitrogens with one attached hydrogen (secondary N) is 1. The number of anilines is 2. The molecule has 172 valence electrons. The molecule has 1 amide bonds. The van der Waals surface area contributed by atoms with E-state index in [2.05, 4.69) is 15.8 Å². The smallest absolute Gasteiger partial charge is 0.280 e. The zero-order valence-electron chi connectivity index (χ0n) is 18.1. The van der Waals surface area contributed by atoms with E-state index < -0.39 is 0 Å². The lowest BCUT2D eigenvalue weighted by Crippen LogP contribution is -2.19. The average molecular weight is 521 g/mol. The van der Waals surface area contributed by atoms with Gasteiger partial charge in [0.2, 0.25) is 0 Å². The molecule has 3 aromatic rings. The van der Waals surface area contributed by atoms with Gasteiger partial charge in [-0.1, -0.05) is 41.2 Å². The van der Waals surface area contributed by atoms with E-state index in [1.165, 1.54) is 23.3 Å². The third kappa shape index (κ3) is 6.85. The van der Waals surface area contributed by atoms with Gasteiger partial charge in [0.1, 0.15) is 5.69 Å². The molecule has 0 spiro atoms. The summed E-state index contributed by atoms with van der Waals surface area (Å²) in [5, 5.41) is 10.8. The highest BCUT2D eigenvalue weighted by atomic mass is 35.5. The number of aromatic nitrogens is 1. The number of hydrogen-bond acceptors (Lipinski definition) is 7. The molecule has 1 heterocycles. The monoisotopic (exact) mass is 520 g/mol. The number of amides is 1. The third-order valence-corrected chi connectivity index (χ3v) is 7.18. The van der Waals surface area contributed by atoms with Crippen molar-refractivity contribution in [3.05, 3.63) is 74.2 Å². The number of rotatable bonds is 10. The van der Waals surface area contributed by atoms with E-state index in [0.29, 0.717) is 39.6 Å². The predicted octanol–water partition coefficient (Wildman–Crippen LogP) is 6.38. The number of ether oxygens (including phenoxy) is 1. The van der Waals surface area contributed by atoms with Crippen molar-refractivity contribution < 1.29 is 9.53 Å². The first-order valence-corrected chi connectivity index (χ1v) is 12.6. The fraction of sp³-hybridized carbons (Fsp3) is 0.261. The number of hydrogen-bond donors (Lipinski definition) is 1. The van der Waals surface area contributed by atoms with Gasteiger partial charge in [-0.05, 0) is 55.3 Å². The lowest BCUT2D eigenvalue weighted by molar-refractivity contribution is 0.0979. The van der Waals surface area contributed by atoms with Gasteiger partial charge >= 0.3 is 0 Å². The number of benzene rings is 2. The summed E-state index contributed by atoms with van der Waals surface area (Å²) in [5.74, 6) is 0.524. The number of halogens is 2. The van der Waals surface area contributed by atoms with Crippen LogP contribution in [0.2, 0.25) is 10.0 Å². The molecule has 0 aliphatic heterocycles. The van der Waals surface area contributed by atoms with Crippen molar-refractivity contribution in [1.29, 1.82) is 5.26 Å². The largest absolute Gasteiger partial charge is 0.385 e. The quantitative estimate of drug-likeness (QED) is 0.246. The molecule has 0 aliphatic carbocycles. The van der Waals surface area contributed by atoms with Gasteiger partial charge in [-0.2, -0.15) is 5.26 Å². The number of carbonyl (C=O) groups excluding carboxylic acids is 1. The van der Waals surface area contributed by atoms with Crippen LogP contribution in [0.25, 0.3) is 0 Å². The van der Waals surface area contributed by atoms with Gasteiger partial charge < -0.3 is 9.64 Å². The highest BCUT2D eigenvalue weighted by molar-refractivity contribution is 7.97. The van der Waals surface area contributed by atoms with E-state index in [0.717, 1.165) is 28.3 Å². The highest BCUT2D eigenvalue weighted by Gasteiger charge is 2.21. The molecule has 6 nitrogen and oxygen atoms in total. The van der Waals surface area contributed by atoms with Crippen molar-refractivity contribution >= 4 is 63.2 Å². The van der Waals surface area contributed by atoms with Crippen molar-refractivity contribution in [3.63, 3.8) is 0 Å². The van der Waals surface area contributed by atoms with Crippen LogP contribution in [0, 0.1) is 18.3 Å². The Morgan fingerprint density at radius 3 is 2.67 bits per heavy atom. The molecule has 0 unspecified atom stereocenters. The second-order valence-electron chi connectivity index (χ2n) is 7.02. The summed E-state index contributed by atoms with van der Waals surface area (Å²) in [6.45, 7) is 2.99. The molecule has 0 bridgehead atoms. The van der Waals surface area contributed by atoms with Crippen LogP contribution in [-0.4, -0.2) is 30.4 Å². The zero-order chi connectivity index (χ0) is 23.8. The Hall–Kier alpha value is -2.28. The summed E-state index contributed by atoms with van der Waals surface area (Å²) in [6, 6.07) is 14.8. The van der Waals surface area contributed by atoms with Gasteiger partial charge in [0, 0.05) is 30.0 Å². The predicted molar refractivity (Wildman–Crippen MR) is 137 cm³/mol. The molecule has 1 N–H and O–H groups in total. The van der Waals surface area contributed by atoms with Gasteiger partial charge in [-0.3, -0.25) is 9.52 Å². The molecule has 10 heteroatoms. The van der Waals surface area contributed by atoms with Crippen molar-refractivity contribution in [2.45, 2.75) is 19.9 Å². The minimum atomic E-state index is -0.230. The first-order chi connectivity index (χ1) is 15.9. The molecule has 0 saturated carbocycles. The Bertz CT molecular complexity index is 1150. The molecule has 1 aromatic heterocycles. The van der Waals surface area contributed by atoms with Crippen LogP contribution in [-0.2, 0) is 11.3 Å². The normalized spacial score (nSPS) is 10.6. The fourth-order valence-corrected chi connectivity index (χ4v) is 4.79. The van der Waals surface area contributed by atoms with E-state index in [1.807, 2.05) is 36.1 Å². The number of thiazole rings is 1. The standard InChI is InChI=1S/C23H22Cl2N4O2S2/c1-15-21(22(30)28-32-11-3-10-31-2)27-23(33-15)29(18-7-4-16(13-26)5-8-18)14-17-6-9-19(24)20(25)12-17/h4-9,12H,3,10-11,14H2,1-2H3,(H,28,30). The van der Waals surface area contributed by atoms with Gasteiger partial charge in [0.05, 0.1) is 28.2 Å². The van der Waals surface area contributed by atoms with Crippen LogP contribution in [0.1, 0.15) is 32.9 Å². The summed E-state index contributed by atoms with van der Waals surface area (Å²) in [5.41, 5.74) is 2.73. The average Bonchev–Trinajstić information content (AvgIpc) is 3.21. The van der Waals surface area contributed by atoms with Gasteiger partial charge in [-0.15, -0.1) is 11.3 Å². The van der Waals surface area contributed by atoms with E-state index in [1.54, 1.807) is 25.3 Å². The maximum absolute atomic E-state index is 12.7. The SMILES string of the molecule is COCCCSNC(=O)c1nc(N(Cc2ccc(Cl)c(Cl)c2)c2ccc(C#N)cc2)sc1C. The zero-order valence-corrected chi connectivity index (χ0v) is 21.2. The van der Waals surface area contributed by atoms with E-state index >= 15 is 0 Å². The topological polar surface area (TPSA) is 78.2 Å². The Kier molecular flexibility index (Phi) is 9.41. The van der Waals surface area contributed by atoms with Crippen LogP contribution in [0.15, 0.2) is 42.5 Å². The molecule has 3 rings (SSSR count). The van der Waals surface area contributed by atoms with E-state index in [9.17, 15) is 4.79 Å². The lowest BCUT2D eigenvalue weighted by Gasteiger charge is -2.22. The van der Waals surface area contributed by atoms with E-state index in [-0.39, 0.29) is 5.91 Å². The van der Waals surface area contributed by atoms with Crippen LogP contribution in [0.3, 0.4) is 0 Å². The fourth-order valence-electron chi connectivity index (χ4n) is 2.95. The number of nitrogens with zero attached hydrogens (tertiary/aromatic N) is 3. The van der Waals surface area contributed by atoms with Gasteiger partial charge in [0.15, 0.2) is 5.13 Å². The molecular weight excluding hydrogens is 499 g/mol. The summed E-state index contributed by atoms with van der Waals surface area (Å²) in [7, 11) is 1.65. The Labute approximate surface area is 211 Å². The Morgan fingerprint density at radius 2 is 2.00 bits per heavy atom. The summed E-state index contributed by atoms with van der Waals surface area (Å²) in [4.78, 5) is 20.1. The molecular formula is C23H22Cl2N4O2S2. The maximum Gasteiger partial charge on any atom is 0.280 e. The summed E-state index contributed by atoms with van der Waals surface area (Å²) >= 11 is 15.1. The highest BCUT2D eigenvalue weighted by Crippen LogP contribution is 2.34. The molecule has 0 radical (unpaired) electrons. The van der Waals surface area contributed by atoms with E-state index in [4.69, 9.17) is 33.2 Å². The molecule has 0 fully saturated rings. The summed E-state index contributed by atoms with van der Waals surface area (Å²) in [6.07, 6.45) is 0.846. The molecule has 33 heavy (non-hydrogen) atoms. The second-order valence-corrected chi connectivity index (χ2v) is 9.92. The van der Waals surface area contributed by atoms with Crippen LogP contribution in [0.4, 0.5) is 10.8 Å². The minimum Gasteiger partial charge on any atom is -0.385 e. The molecule has 2 aromatic carbocycles. The first-order valence-electron chi connectivity index (χ1n) is 10.0. The summed E-state index contributed by atoms with van der Waals surface area (Å²) < 4.78 is 7.87. The third-order valence-electron chi connectivity index (χ3n) is 4.62. The molecule has 0 aliphatic rings. The lowest BCUT2D eigenvalue weighted by atomic mass is 10.1. The first kappa shape index (κ1) is 25.3. The molecule has 0 atom stereocenters. The maximum atomic E-state index is 12.7. The van der Waals surface area contributed by atoms with Crippen molar-refractivity contribution in [1.82, 2.24) is 9.71 Å². The Balaban J connectivity index is 1.86. The van der Waals surface area contributed by atoms with Crippen molar-refractivity contribution in [3.8, 4) is 6.07 Å². The van der Waals surface area contributed by atoms with Crippen LogP contribution in [0.5, 0.6) is 0 Å². The van der Waals surface area contributed by atoms with Crippen molar-refractivity contribution in [2.24, 2.45) is 0 Å². The van der Waals surface area contributed by atoms with Gasteiger partial charge in [-0.25, -0.2) is 4.98 Å². The second kappa shape index (κ2) is 12.3. The van der Waals surface area contributed by atoms with Crippen LogP contribution >= 0.6 is 46.5 Å². The number of aryl methyl sites for hydroxylation is 1. The van der Waals surface area contributed by atoms with Crippen LogP contribution < -0.4 is 9.62 Å². The Morgan fingerprint density at radius 1 is 1.24 bits per heavy atom. The minimum absolute atomic E-state index is 0.230.